The fourth-order valence-electron chi connectivity index (χ4n) is 1.93. The molecule has 0 spiro atoms. The molecule has 0 unspecified atom stereocenters. The van der Waals surface area contributed by atoms with Crippen LogP contribution in [0.3, 0.4) is 0 Å². The highest BCUT2D eigenvalue weighted by atomic mass is 32.1. The molecule has 3 rings (SSSR count). The first-order valence-electron chi connectivity index (χ1n) is 6.97. The summed E-state index contributed by atoms with van der Waals surface area (Å²) >= 11 is 1.38. The first kappa shape index (κ1) is 15.3. The quantitative estimate of drug-likeness (QED) is 0.702. The standard InChI is InChI=1S/C15H13FN4O2S/c16-11-5-3-10(4-6-11)14-19-13(22-20-14)2-1-7-17-15(21)12-8-23-9-18-12/h3-6,8-9H,1-2,7H2,(H,17,21). The topological polar surface area (TPSA) is 80.9 Å². The molecule has 0 aliphatic rings. The minimum atomic E-state index is -0.312. The Labute approximate surface area is 135 Å². The minimum Gasteiger partial charge on any atom is -0.351 e. The fourth-order valence-corrected chi connectivity index (χ4v) is 2.46. The molecular weight excluding hydrogens is 319 g/mol. The summed E-state index contributed by atoms with van der Waals surface area (Å²) in [7, 11) is 0. The van der Waals surface area contributed by atoms with Crippen LogP contribution >= 0.6 is 11.3 Å². The van der Waals surface area contributed by atoms with E-state index in [-0.39, 0.29) is 11.7 Å². The van der Waals surface area contributed by atoms with Crippen molar-refractivity contribution < 1.29 is 13.7 Å². The summed E-state index contributed by atoms with van der Waals surface area (Å²) in [5.74, 6) is 0.399. The van der Waals surface area contributed by atoms with E-state index in [0.717, 1.165) is 0 Å². The third kappa shape index (κ3) is 3.98. The van der Waals surface area contributed by atoms with Gasteiger partial charge in [0, 0.05) is 23.9 Å². The first-order valence-corrected chi connectivity index (χ1v) is 7.91. The number of nitrogens with zero attached hydrogens (tertiary/aromatic N) is 3. The molecule has 0 saturated heterocycles. The van der Waals surface area contributed by atoms with Gasteiger partial charge in [-0.1, -0.05) is 5.16 Å². The molecule has 0 aliphatic carbocycles. The predicted octanol–water partition coefficient (Wildman–Crippen LogP) is 2.69. The second-order valence-electron chi connectivity index (χ2n) is 4.75. The molecule has 2 heterocycles. The highest BCUT2D eigenvalue weighted by molar-refractivity contribution is 7.07. The maximum Gasteiger partial charge on any atom is 0.270 e. The molecule has 2 aromatic heterocycles. The van der Waals surface area contributed by atoms with Gasteiger partial charge in [0.1, 0.15) is 11.5 Å². The van der Waals surface area contributed by atoms with Gasteiger partial charge in [0.2, 0.25) is 11.7 Å². The van der Waals surface area contributed by atoms with Gasteiger partial charge >= 0.3 is 0 Å². The van der Waals surface area contributed by atoms with Crippen molar-refractivity contribution >= 4 is 17.2 Å². The Balaban J connectivity index is 1.48. The number of hydrogen-bond acceptors (Lipinski definition) is 6. The van der Waals surface area contributed by atoms with Gasteiger partial charge in [-0.3, -0.25) is 4.79 Å². The molecule has 0 bridgehead atoms. The lowest BCUT2D eigenvalue weighted by Gasteiger charge is -2.00. The van der Waals surface area contributed by atoms with E-state index in [4.69, 9.17) is 4.52 Å². The second kappa shape index (κ2) is 7.10. The summed E-state index contributed by atoms with van der Waals surface area (Å²) in [6.07, 6.45) is 1.21. The average Bonchev–Trinajstić information content (AvgIpc) is 3.24. The highest BCUT2D eigenvalue weighted by Crippen LogP contribution is 2.16. The molecule has 0 aliphatic heterocycles. The van der Waals surface area contributed by atoms with E-state index in [1.54, 1.807) is 23.0 Å². The van der Waals surface area contributed by atoms with Crippen molar-refractivity contribution in [1.82, 2.24) is 20.4 Å². The van der Waals surface area contributed by atoms with Crippen LogP contribution in [-0.2, 0) is 6.42 Å². The maximum absolute atomic E-state index is 12.9. The van der Waals surface area contributed by atoms with Crippen LogP contribution in [0.25, 0.3) is 11.4 Å². The van der Waals surface area contributed by atoms with Gasteiger partial charge in [-0.05, 0) is 30.7 Å². The molecule has 23 heavy (non-hydrogen) atoms. The van der Waals surface area contributed by atoms with Crippen LogP contribution in [0.4, 0.5) is 4.39 Å². The lowest BCUT2D eigenvalue weighted by Crippen LogP contribution is -2.25. The third-order valence-corrected chi connectivity index (χ3v) is 3.67. The summed E-state index contributed by atoms with van der Waals surface area (Å²) in [6, 6.07) is 5.88. The average molecular weight is 332 g/mol. The van der Waals surface area contributed by atoms with Gasteiger partial charge in [-0.2, -0.15) is 4.98 Å². The number of rotatable bonds is 6. The molecule has 0 fully saturated rings. The van der Waals surface area contributed by atoms with Crippen molar-refractivity contribution in [3.05, 3.63) is 52.6 Å². The van der Waals surface area contributed by atoms with Crippen LogP contribution in [0.15, 0.2) is 39.7 Å². The number of nitrogens with one attached hydrogen (secondary N) is 1. The molecule has 1 N–H and O–H groups in total. The predicted molar refractivity (Wildman–Crippen MR) is 82.5 cm³/mol. The zero-order valence-electron chi connectivity index (χ0n) is 12.0. The van der Waals surface area contributed by atoms with E-state index in [1.807, 2.05) is 0 Å². The molecule has 6 nitrogen and oxygen atoms in total. The monoisotopic (exact) mass is 332 g/mol. The normalized spacial score (nSPS) is 10.7. The van der Waals surface area contributed by atoms with Crippen molar-refractivity contribution in [2.24, 2.45) is 0 Å². The number of hydrogen-bond donors (Lipinski definition) is 1. The van der Waals surface area contributed by atoms with Crippen LogP contribution in [-0.4, -0.2) is 27.6 Å². The Kier molecular flexibility index (Phi) is 4.72. The molecule has 1 aromatic carbocycles. The van der Waals surface area contributed by atoms with Crippen molar-refractivity contribution in [2.45, 2.75) is 12.8 Å². The highest BCUT2D eigenvalue weighted by Gasteiger charge is 2.10. The van der Waals surface area contributed by atoms with E-state index in [1.165, 1.54) is 23.5 Å². The number of carbonyl (C=O) groups is 1. The number of aromatic nitrogens is 3. The Hall–Kier alpha value is -2.61. The molecule has 118 valence electrons. The Morgan fingerprint density at radius 3 is 2.87 bits per heavy atom. The van der Waals surface area contributed by atoms with Gasteiger partial charge < -0.3 is 9.84 Å². The van der Waals surface area contributed by atoms with E-state index in [9.17, 15) is 9.18 Å². The zero-order chi connectivity index (χ0) is 16.1. The van der Waals surface area contributed by atoms with Crippen LogP contribution in [0.1, 0.15) is 22.8 Å². The van der Waals surface area contributed by atoms with Crippen molar-refractivity contribution in [1.29, 1.82) is 0 Å². The summed E-state index contributed by atoms with van der Waals surface area (Å²) in [5.41, 5.74) is 2.73. The van der Waals surface area contributed by atoms with E-state index in [2.05, 4.69) is 20.4 Å². The van der Waals surface area contributed by atoms with Gasteiger partial charge in [0.15, 0.2) is 0 Å². The van der Waals surface area contributed by atoms with Crippen LogP contribution in [0.2, 0.25) is 0 Å². The second-order valence-corrected chi connectivity index (χ2v) is 5.47. The van der Waals surface area contributed by atoms with Gasteiger partial charge in [-0.15, -0.1) is 11.3 Å². The van der Waals surface area contributed by atoms with Crippen molar-refractivity contribution in [2.75, 3.05) is 6.54 Å². The minimum absolute atomic E-state index is 0.191. The van der Waals surface area contributed by atoms with Crippen LogP contribution in [0.5, 0.6) is 0 Å². The summed E-state index contributed by atoms with van der Waals surface area (Å²) < 4.78 is 18.0. The molecule has 0 atom stereocenters. The molecule has 8 heteroatoms. The first-order chi connectivity index (χ1) is 11.2. The Morgan fingerprint density at radius 1 is 1.30 bits per heavy atom. The number of benzene rings is 1. The third-order valence-electron chi connectivity index (χ3n) is 3.09. The van der Waals surface area contributed by atoms with Gasteiger partial charge in [-0.25, -0.2) is 9.37 Å². The largest absolute Gasteiger partial charge is 0.351 e. The van der Waals surface area contributed by atoms with Crippen molar-refractivity contribution in [3.63, 3.8) is 0 Å². The van der Waals surface area contributed by atoms with E-state index < -0.39 is 0 Å². The molecular formula is C15H13FN4O2S. The van der Waals surface area contributed by atoms with Gasteiger partial charge in [0.05, 0.1) is 5.51 Å². The number of carbonyl (C=O) groups excluding carboxylic acids is 1. The number of halogens is 1. The number of amides is 1. The smallest absolute Gasteiger partial charge is 0.270 e. The lowest BCUT2D eigenvalue weighted by molar-refractivity contribution is 0.0948. The molecule has 1 amide bonds. The molecule has 0 saturated carbocycles. The van der Waals surface area contributed by atoms with Crippen LogP contribution < -0.4 is 5.32 Å². The van der Waals surface area contributed by atoms with E-state index in [0.29, 0.717) is 42.4 Å². The van der Waals surface area contributed by atoms with Gasteiger partial charge in [0.25, 0.3) is 5.91 Å². The molecule has 3 aromatic rings. The Bertz CT molecular complexity index is 771. The number of aryl methyl sites for hydroxylation is 1. The van der Waals surface area contributed by atoms with Crippen molar-refractivity contribution in [3.8, 4) is 11.4 Å². The zero-order valence-corrected chi connectivity index (χ0v) is 12.8. The lowest BCUT2D eigenvalue weighted by atomic mass is 10.2. The number of thiazole rings is 1. The van der Waals surface area contributed by atoms with E-state index >= 15 is 0 Å². The SMILES string of the molecule is O=C(NCCCc1nc(-c2ccc(F)cc2)no1)c1cscn1. The van der Waals surface area contributed by atoms with Crippen LogP contribution in [0, 0.1) is 5.82 Å². The summed E-state index contributed by atoms with van der Waals surface area (Å²) in [4.78, 5) is 19.9. The Morgan fingerprint density at radius 2 is 2.13 bits per heavy atom. The summed E-state index contributed by atoms with van der Waals surface area (Å²) in [5, 5.41) is 8.34. The fraction of sp³-hybridized carbons (Fsp3) is 0.200. The summed E-state index contributed by atoms with van der Waals surface area (Å²) in [6.45, 7) is 0.491. The maximum atomic E-state index is 12.9. The molecule has 0 radical (unpaired) electrons.